The SMILES string of the molecule is CCNC(=NCCCN1CCC(O)CC1)NC1CCCC(SCC)C1. The number of guanidine groups is 1. The average Bonchev–Trinajstić information content (AvgIpc) is 2.61. The molecule has 0 aromatic heterocycles. The molecule has 1 aliphatic carbocycles. The molecule has 2 rings (SSSR count). The molecule has 0 aromatic carbocycles. The molecular weight excluding hydrogens is 332 g/mol. The maximum atomic E-state index is 9.57. The molecule has 6 heteroatoms. The van der Waals surface area contributed by atoms with Crippen LogP contribution in [0.3, 0.4) is 0 Å². The van der Waals surface area contributed by atoms with Gasteiger partial charge in [-0.25, -0.2) is 0 Å². The second kappa shape index (κ2) is 12.0. The largest absolute Gasteiger partial charge is 0.393 e. The first-order valence-electron chi connectivity index (χ1n) is 10.3. The number of likely N-dealkylation sites (tertiary alicyclic amines) is 1. The van der Waals surface area contributed by atoms with Gasteiger partial charge in [0.2, 0.25) is 0 Å². The highest BCUT2D eigenvalue weighted by Crippen LogP contribution is 2.28. The first-order chi connectivity index (χ1) is 12.2. The number of piperidine rings is 1. The van der Waals surface area contributed by atoms with Gasteiger partial charge in [-0.15, -0.1) is 0 Å². The van der Waals surface area contributed by atoms with Gasteiger partial charge in [0.25, 0.3) is 0 Å². The summed E-state index contributed by atoms with van der Waals surface area (Å²) in [4.78, 5) is 7.24. The Labute approximate surface area is 158 Å². The van der Waals surface area contributed by atoms with Crippen molar-refractivity contribution in [3.63, 3.8) is 0 Å². The fourth-order valence-corrected chi connectivity index (χ4v) is 4.98. The minimum Gasteiger partial charge on any atom is -0.393 e. The standard InChI is InChI=1S/C19H38N4OS/c1-3-20-19(22-16-7-5-8-18(15-16)25-4-2)21-11-6-12-23-13-9-17(24)10-14-23/h16-18,24H,3-15H2,1-2H3,(H2,20,21,22). The van der Waals surface area contributed by atoms with Crippen LogP contribution in [-0.2, 0) is 0 Å². The van der Waals surface area contributed by atoms with Crippen molar-refractivity contribution in [3.05, 3.63) is 0 Å². The smallest absolute Gasteiger partial charge is 0.191 e. The van der Waals surface area contributed by atoms with E-state index in [2.05, 4.69) is 41.1 Å². The topological polar surface area (TPSA) is 59.9 Å². The number of aliphatic hydroxyl groups excluding tert-OH is 1. The van der Waals surface area contributed by atoms with Crippen LogP contribution in [0, 0.1) is 0 Å². The van der Waals surface area contributed by atoms with Gasteiger partial charge in [0.15, 0.2) is 5.96 Å². The molecule has 5 nitrogen and oxygen atoms in total. The van der Waals surface area contributed by atoms with Crippen molar-refractivity contribution in [2.45, 2.75) is 76.2 Å². The second-order valence-electron chi connectivity index (χ2n) is 7.27. The van der Waals surface area contributed by atoms with Crippen LogP contribution in [0.1, 0.15) is 58.8 Å². The van der Waals surface area contributed by atoms with E-state index in [4.69, 9.17) is 4.99 Å². The van der Waals surface area contributed by atoms with E-state index in [1.54, 1.807) is 0 Å². The highest BCUT2D eigenvalue weighted by atomic mass is 32.2. The van der Waals surface area contributed by atoms with Gasteiger partial charge >= 0.3 is 0 Å². The molecule has 0 bridgehead atoms. The predicted octanol–water partition coefficient (Wildman–Crippen LogP) is 2.45. The molecule has 0 spiro atoms. The molecule has 3 N–H and O–H groups in total. The molecule has 1 saturated carbocycles. The van der Waals surface area contributed by atoms with E-state index in [-0.39, 0.29) is 6.10 Å². The van der Waals surface area contributed by atoms with E-state index in [1.165, 1.54) is 31.4 Å². The zero-order valence-corrected chi connectivity index (χ0v) is 17.0. The molecular formula is C19H38N4OS. The van der Waals surface area contributed by atoms with Crippen LogP contribution in [0.2, 0.25) is 0 Å². The summed E-state index contributed by atoms with van der Waals surface area (Å²) < 4.78 is 0. The Morgan fingerprint density at radius 1 is 1.20 bits per heavy atom. The maximum Gasteiger partial charge on any atom is 0.191 e. The fraction of sp³-hybridized carbons (Fsp3) is 0.947. The summed E-state index contributed by atoms with van der Waals surface area (Å²) in [5.41, 5.74) is 0. The van der Waals surface area contributed by atoms with Gasteiger partial charge in [0, 0.05) is 37.5 Å². The van der Waals surface area contributed by atoms with Crippen molar-refractivity contribution in [1.82, 2.24) is 15.5 Å². The first-order valence-corrected chi connectivity index (χ1v) is 11.3. The molecule has 25 heavy (non-hydrogen) atoms. The number of rotatable bonds is 8. The summed E-state index contributed by atoms with van der Waals surface area (Å²) in [5.74, 6) is 2.21. The van der Waals surface area contributed by atoms with Crippen molar-refractivity contribution in [2.75, 3.05) is 38.5 Å². The Bertz CT molecular complexity index is 384. The minimum absolute atomic E-state index is 0.0796. The van der Waals surface area contributed by atoms with Gasteiger partial charge in [-0.1, -0.05) is 13.3 Å². The van der Waals surface area contributed by atoms with E-state index in [0.29, 0.717) is 6.04 Å². The predicted molar refractivity (Wildman–Crippen MR) is 110 cm³/mol. The summed E-state index contributed by atoms with van der Waals surface area (Å²) in [6.45, 7) is 9.32. The van der Waals surface area contributed by atoms with E-state index < -0.39 is 0 Å². The van der Waals surface area contributed by atoms with E-state index in [1.807, 2.05) is 0 Å². The van der Waals surface area contributed by atoms with Crippen LogP contribution in [0.15, 0.2) is 4.99 Å². The Hall–Kier alpha value is -0.460. The Kier molecular flexibility index (Phi) is 10.0. The number of thioether (sulfide) groups is 1. The average molecular weight is 371 g/mol. The molecule has 1 saturated heterocycles. The zero-order valence-electron chi connectivity index (χ0n) is 16.2. The van der Waals surface area contributed by atoms with Crippen molar-refractivity contribution < 1.29 is 5.11 Å². The number of nitrogens with one attached hydrogen (secondary N) is 2. The molecule has 1 heterocycles. The summed E-state index contributed by atoms with van der Waals surface area (Å²) in [5, 5.41) is 17.5. The first kappa shape index (κ1) is 20.8. The monoisotopic (exact) mass is 370 g/mol. The third-order valence-electron chi connectivity index (χ3n) is 5.17. The van der Waals surface area contributed by atoms with Crippen molar-refractivity contribution in [1.29, 1.82) is 0 Å². The summed E-state index contributed by atoms with van der Waals surface area (Å²) in [6, 6.07) is 0.569. The van der Waals surface area contributed by atoms with E-state index in [9.17, 15) is 5.11 Å². The minimum atomic E-state index is -0.0796. The van der Waals surface area contributed by atoms with Gasteiger partial charge < -0.3 is 20.6 Å². The highest BCUT2D eigenvalue weighted by Gasteiger charge is 2.22. The number of aliphatic hydroxyl groups is 1. The van der Waals surface area contributed by atoms with Crippen LogP contribution in [-0.4, -0.2) is 71.8 Å². The van der Waals surface area contributed by atoms with Crippen LogP contribution >= 0.6 is 11.8 Å². The number of nitrogens with zero attached hydrogens (tertiary/aromatic N) is 2. The van der Waals surface area contributed by atoms with Crippen LogP contribution in [0.5, 0.6) is 0 Å². The number of hydrogen-bond donors (Lipinski definition) is 3. The molecule has 0 radical (unpaired) electrons. The van der Waals surface area contributed by atoms with E-state index in [0.717, 1.165) is 63.2 Å². The lowest BCUT2D eigenvalue weighted by atomic mass is 9.95. The van der Waals surface area contributed by atoms with E-state index >= 15 is 0 Å². The zero-order chi connectivity index (χ0) is 17.9. The second-order valence-corrected chi connectivity index (χ2v) is 8.85. The van der Waals surface area contributed by atoms with Crippen LogP contribution < -0.4 is 10.6 Å². The normalized spacial score (nSPS) is 26.6. The van der Waals surface area contributed by atoms with Gasteiger partial charge in [-0.05, 0) is 57.7 Å². The number of hydrogen-bond acceptors (Lipinski definition) is 4. The van der Waals surface area contributed by atoms with Crippen molar-refractivity contribution >= 4 is 17.7 Å². The van der Waals surface area contributed by atoms with Gasteiger partial charge in [-0.3, -0.25) is 4.99 Å². The highest BCUT2D eigenvalue weighted by molar-refractivity contribution is 7.99. The summed E-state index contributed by atoms with van der Waals surface area (Å²) in [6.07, 6.45) is 8.08. The number of aliphatic imine (C=N–C) groups is 1. The summed E-state index contributed by atoms with van der Waals surface area (Å²) >= 11 is 2.11. The molecule has 0 aromatic rings. The lowest BCUT2D eigenvalue weighted by molar-refractivity contribution is 0.0824. The quantitative estimate of drug-likeness (QED) is 0.348. The Morgan fingerprint density at radius 3 is 2.72 bits per heavy atom. The van der Waals surface area contributed by atoms with Gasteiger partial charge in [0.1, 0.15) is 0 Å². The van der Waals surface area contributed by atoms with Gasteiger partial charge in [-0.2, -0.15) is 11.8 Å². The lowest BCUT2D eigenvalue weighted by Crippen LogP contribution is -2.45. The van der Waals surface area contributed by atoms with Gasteiger partial charge in [0.05, 0.1) is 6.10 Å². The van der Waals surface area contributed by atoms with Crippen LogP contribution in [0.4, 0.5) is 0 Å². The molecule has 0 amide bonds. The van der Waals surface area contributed by atoms with Crippen molar-refractivity contribution in [2.24, 2.45) is 4.99 Å². The Morgan fingerprint density at radius 2 is 2.00 bits per heavy atom. The third kappa shape index (κ3) is 8.18. The molecule has 2 aliphatic rings. The molecule has 2 atom stereocenters. The molecule has 2 unspecified atom stereocenters. The molecule has 2 fully saturated rings. The molecule has 1 aliphatic heterocycles. The molecule has 146 valence electrons. The van der Waals surface area contributed by atoms with Crippen molar-refractivity contribution in [3.8, 4) is 0 Å². The maximum absolute atomic E-state index is 9.57. The Balaban J connectivity index is 1.70. The summed E-state index contributed by atoms with van der Waals surface area (Å²) in [7, 11) is 0. The third-order valence-corrected chi connectivity index (χ3v) is 6.41. The fourth-order valence-electron chi connectivity index (χ4n) is 3.80. The lowest BCUT2D eigenvalue weighted by Gasteiger charge is -2.30. The van der Waals surface area contributed by atoms with Crippen LogP contribution in [0.25, 0.3) is 0 Å².